The van der Waals surface area contributed by atoms with Gasteiger partial charge in [-0.3, -0.25) is 9.13 Å². The lowest BCUT2D eigenvalue weighted by atomic mass is 10.4. The minimum atomic E-state index is -0.0445. The van der Waals surface area contributed by atoms with Crippen molar-refractivity contribution in [3.8, 4) is 0 Å². The van der Waals surface area contributed by atoms with Gasteiger partial charge in [-0.15, -0.1) is 0 Å². The van der Waals surface area contributed by atoms with Gasteiger partial charge in [0.1, 0.15) is 5.15 Å². The highest BCUT2D eigenvalue weighted by atomic mass is 35.5. The number of hydrogen-bond donors (Lipinski definition) is 0. The quantitative estimate of drug-likeness (QED) is 0.785. The number of aromatic nitrogens is 3. The number of halogens is 1. The van der Waals surface area contributed by atoms with Crippen molar-refractivity contribution in [2.45, 2.75) is 20.4 Å². The molecule has 104 valence electrons. The Kier molecular flexibility index (Phi) is 4.27. The fourth-order valence-electron chi connectivity index (χ4n) is 2.24. The van der Waals surface area contributed by atoms with Gasteiger partial charge in [0.05, 0.1) is 5.52 Å². The maximum absolute atomic E-state index is 12.2. The monoisotopic (exact) mass is 282 g/mol. The minimum absolute atomic E-state index is 0.0445. The second-order valence-electron chi connectivity index (χ2n) is 4.50. The SMILES string of the molecule is CCN(CC)CCn1c(=O)n(C)c2ccc(Cl)nc21. The lowest BCUT2D eigenvalue weighted by Gasteiger charge is -2.17. The summed E-state index contributed by atoms with van der Waals surface area (Å²) in [5.74, 6) is 0. The summed E-state index contributed by atoms with van der Waals surface area (Å²) in [6.45, 7) is 7.65. The summed E-state index contributed by atoms with van der Waals surface area (Å²) in [6.07, 6.45) is 0. The second-order valence-corrected chi connectivity index (χ2v) is 4.88. The van der Waals surface area contributed by atoms with Crippen LogP contribution in [0.15, 0.2) is 16.9 Å². The van der Waals surface area contributed by atoms with Gasteiger partial charge in [0.25, 0.3) is 0 Å². The van der Waals surface area contributed by atoms with Crippen LogP contribution in [0.4, 0.5) is 0 Å². The van der Waals surface area contributed by atoms with E-state index >= 15 is 0 Å². The molecule has 0 aliphatic heterocycles. The Bertz CT molecular complexity index is 627. The molecule has 0 unspecified atom stereocenters. The number of nitrogens with zero attached hydrogens (tertiary/aromatic N) is 4. The van der Waals surface area contributed by atoms with E-state index in [4.69, 9.17) is 11.6 Å². The summed E-state index contributed by atoms with van der Waals surface area (Å²) in [5, 5.41) is 0.412. The van der Waals surface area contributed by atoms with E-state index in [1.165, 1.54) is 0 Å². The van der Waals surface area contributed by atoms with Crippen molar-refractivity contribution >= 4 is 22.8 Å². The van der Waals surface area contributed by atoms with Crippen LogP contribution in [0.1, 0.15) is 13.8 Å². The van der Waals surface area contributed by atoms with E-state index in [1.807, 2.05) is 6.07 Å². The van der Waals surface area contributed by atoms with Gasteiger partial charge in [0.15, 0.2) is 5.65 Å². The first-order valence-corrected chi connectivity index (χ1v) is 6.90. The van der Waals surface area contributed by atoms with E-state index in [-0.39, 0.29) is 5.69 Å². The van der Waals surface area contributed by atoms with Crippen molar-refractivity contribution in [3.63, 3.8) is 0 Å². The van der Waals surface area contributed by atoms with Crippen molar-refractivity contribution in [2.24, 2.45) is 7.05 Å². The molecular formula is C13H19ClN4O. The van der Waals surface area contributed by atoms with Gasteiger partial charge in [-0.05, 0) is 25.2 Å². The average molecular weight is 283 g/mol. The van der Waals surface area contributed by atoms with E-state index in [0.717, 1.165) is 25.2 Å². The van der Waals surface area contributed by atoms with Crippen LogP contribution in [-0.4, -0.2) is 38.7 Å². The Balaban J connectivity index is 2.39. The van der Waals surface area contributed by atoms with Crippen LogP contribution in [0.25, 0.3) is 11.2 Å². The van der Waals surface area contributed by atoms with Crippen molar-refractivity contribution in [1.82, 2.24) is 19.0 Å². The molecule has 0 amide bonds. The normalized spacial score (nSPS) is 11.6. The molecule has 2 aromatic rings. The number of likely N-dealkylation sites (N-methyl/N-ethyl adjacent to an activating group) is 1. The summed E-state index contributed by atoms with van der Waals surface area (Å²) in [6, 6.07) is 3.54. The van der Waals surface area contributed by atoms with Crippen molar-refractivity contribution in [1.29, 1.82) is 0 Å². The van der Waals surface area contributed by atoms with Crippen molar-refractivity contribution in [3.05, 3.63) is 27.8 Å². The number of hydrogen-bond acceptors (Lipinski definition) is 3. The number of imidazole rings is 1. The molecule has 0 N–H and O–H groups in total. The highest BCUT2D eigenvalue weighted by Crippen LogP contribution is 2.13. The fourth-order valence-corrected chi connectivity index (χ4v) is 2.38. The molecule has 0 bridgehead atoms. The van der Waals surface area contributed by atoms with Crippen LogP contribution in [0.3, 0.4) is 0 Å². The minimum Gasteiger partial charge on any atom is -0.302 e. The zero-order valence-electron chi connectivity index (χ0n) is 11.6. The molecule has 0 aliphatic rings. The zero-order chi connectivity index (χ0) is 14.0. The van der Waals surface area contributed by atoms with Gasteiger partial charge in [0.2, 0.25) is 0 Å². The van der Waals surface area contributed by atoms with Crippen LogP contribution >= 0.6 is 11.6 Å². The topological polar surface area (TPSA) is 43.1 Å². The standard InChI is InChI=1S/C13H19ClN4O/c1-4-17(5-2)8-9-18-12-10(16(3)13(18)19)6-7-11(14)15-12/h6-7H,4-5,8-9H2,1-3H3. The Hall–Kier alpha value is -1.33. The Morgan fingerprint density at radius 3 is 2.63 bits per heavy atom. The Morgan fingerprint density at radius 1 is 1.32 bits per heavy atom. The summed E-state index contributed by atoms with van der Waals surface area (Å²) in [5.41, 5.74) is 1.43. The molecule has 0 radical (unpaired) electrons. The van der Waals surface area contributed by atoms with Crippen LogP contribution in [-0.2, 0) is 13.6 Å². The molecule has 0 atom stereocenters. The Labute approximate surface area is 117 Å². The third-order valence-electron chi connectivity index (χ3n) is 3.49. The van der Waals surface area contributed by atoms with Crippen LogP contribution in [0, 0.1) is 0 Å². The average Bonchev–Trinajstić information content (AvgIpc) is 2.64. The summed E-state index contributed by atoms with van der Waals surface area (Å²) < 4.78 is 3.31. The second kappa shape index (κ2) is 5.75. The third-order valence-corrected chi connectivity index (χ3v) is 3.70. The van der Waals surface area contributed by atoms with Gasteiger partial charge >= 0.3 is 5.69 Å². The molecule has 0 aromatic carbocycles. The van der Waals surface area contributed by atoms with Gasteiger partial charge in [-0.25, -0.2) is 9.78 Å². The van der Waals surface area contributed by atoms with Crippen LogP contribution in [0.2, 0.25) is 5.15 Å². The van der Waals surface area contributed by atoms with Gasteiger partial charge in [-0.2, -0.15) is 0 Å². The van der Waals surface area contributed by atoms with Gasteiger partial charge in [-0.1, -0.05) is 25.4 Å². The molecule has 0 saturated heterocycles. The molecule has 0 saturated carbocycles. The molecular weight excluding hydrogens is 264 g/mol. The van der Waals surface area contributed by atoms with Crippen LogP contribution in [0.5, 0.6) is 0 Å². The highest BCUT2D eigenvalue weighted by molar-refractivity contribution is 6.29. The van der Waals surface area contributed by atoms with E-state index < -0.39 is 0 Å². The molecule has 2 heterocycles. The van der Waals surface area contributed by atoms with Gasteiger partial charge in [0, 0.05) is 20.1 Å². The number of rotatable bonds is 5. The summed E-state index contributed by atoms with van der Waals surface area (Å²) in [7, 11) is 1.76. The molecule has 2 aromatic heterocycles. The lowest BCUT2D eigenvalue weighted by molar-refractivity contribution is 0.290. The maximum Gasteiger partial charge on any atom is 0.330 e. The van der Waals surface area contributed by atoms with Crippen molar-refractivity contribution < 1.29 is 0 Å². The first kappa shape index (κ1) is 14.1. The molecule has 2 rings (SSSR count). The molecule has 0 spiro atoms. The van der Waals surface area contributed by atoms with E-state index in [0.29, 0.717) is 17.3 Å². The lowest BCUT2D eigenvalue weighted by Crippen LogP contribution is -2.31. The summed E-state index contributed by atoms with van der Waals surface area (Å²) in [4.78, 5) is 18.8. The van der Waals surface area contributed by atoms with Crippen molar-refractivity contribution in [2.75, 3.05) is 19.6 Å². The predicted molar refractivity (Wildman–Crippen MR) is 77.8 cm³/mol. The molecule has 5 nitrogen and oxygen atoms in total. The smallest absolute Gasteiger partial charge is 0.302 e. The third kappa shape index (κ3) is 2.67. The Morgan fingerprint density at radius 2 is 2.00 bits per heavy atom. The molecule has 19 heavy (non-hydrogen) atoms. The van der Waals surface area contributed by atoms with Gasteiger partial charge < -0.3 is 4.90 Å². The first-order chi connectivity index (χ1) is 9.08. The number of fused-ring (bicyclic) bond motifs is 1. The first-order valence-electron chi connectivity index (χ1n) is 6.52. The van der Waals surface area contributed by atoms with E-state index in [9.17, 15) is 4.79 Å². The highest BCUT2D eigenvalue weighted by Gasteiger charge is 2.12. The maximum atomic E-state index is 12.2. The predicted octanol–water partition coefficient (Wildman–Crippen LogP) is 1.73. The number of pyridine rings is 1. The summed E-state index contributed by atoms with van der Waals surface area (Å²) >= 11 is 5.92. The van der Waals surface area contributed by atoms with Crippen LogP contribution < -0.4 is 5.69 Å². The largest absolute Gasteiger partial charge is 0.330 e. The molecule has 0 fully saturated rings. The fraction of sp³-hybridized carbons (Fsp3) is 0.538. The van der Waals surface area contributed by atoms with E-state index in [1.54, 1.807) is 22.2 Å². The number of aryl methyl sites for hydroxylation is 1. The molecule has 0 aliphatic carbocycles. The zero-order valence-corrected chi connectivity index (χ0v) is 12.3. The van der Waals surface area contributed by atoms with E-state index in [2.05, 4.69) is 23.7 Å². The molecule has 6 heteroatoms.